The smallest absolute Gasteiger partial charge is 0.271 e. The number of fused-ring (bicyclic) bond motifs is 2. The lowest BCUT2D eigenvalue weighted by Crippen LogP contribution is -2.37. The fourth-order valence-corrected chi connectivity index (χ4v) is 3.27. The molecule has 0 aliphatic carbocycles. The molecule has 3 N–H and O–H groups in total. The number of pyridine rings is 2. The van der Waals surface area contributed by atoms with E-state index >= 15 is 0 Å². The number of ether oxygens (including phenoxy) is 1. The second kappa shape index (κ2) is 6.59. The Morgan fingerprint density at radius 1 is 1.21 bits per heavy atom. The minimum atomic E-state index is -0.283. The molecule has 1 amide bonds. The van der Waals surface area contributed by atoms with E-state index in [1.165, 1.54) is 10.7 Å². The van der Waals surface area contributed by atoms with E-state index < -0.39 is 0 Å². The van der Waals surface area contributed by atoms with Gasteiger partial charge in [-0.2, -0.15) is 0 Å². The number of amides is 1. The zero-order valence-electron chi connectivity index (χ0n) is 15.8. The van der Waals surface area contributed by atoms with Gasteiger partial charge in [-0.1, -0.05) is 0 Å². The first-order valence-corrected chi connectivity index (χ1v) is 9.14. The van der Waals surface area contributed by atoms with Gasteiger partial charge in [-0.3, -0.25) is 9.78 Å². The minimum Gasteiger partial charge on any atom is -0.491 e. The third-order valence-corrected chi connectivity index (χ3v) is 4.68. The van der Waals surface area contributed by atoms with Crippen molar-refractivity contribution in [3.63, 3.8) is 0 Å². The molecule has 10 nitrogen and oxygen atoms in total. The fourth-order valence-electron chi connectivity index (χ4n) is 3.27. The minimum absolute atomic E-state index is 0.231. The van der Waals surface area contributed by atoms with Crippen LogP contribution in [0.4, 0.5) is 17.3 Å². The van der Waals surface area contributed by atoms with E-state index in [1.54, 1.807) is 25.5 Å². The SMILES string of the molecule is CNc1cc2nn3c(cnc13)C(=O)NC(C)COc1ccnc3cnc(cc13)N2. The molecule has 5 heterocycles. The first kappa shape index (κ1) is 17.2. The molecule has 1 unspecified atom stereocenters. The lowest BCUT2D eigenvalue weighted by Gasteiger charge is -2.17. The Labute approximate surface area is 165 Å². The number of hydrogen-bond donors (Lipinski definition) is 3. The van der Waals surface area contributed by atoms with Crippen LogP contribution < -0.4 is 20.7 Å². The van der Waals surface area contributed by atoms with Crippen LogP contribution in [0.25, 0.3) is 16.6 Å². The summed E-state index contributed by atoms with van der Waals surface area (Å²) in [6.45, 7) is 2.18. The molecule has 5 rings (SSSR count). The Bertz CT molecular complexity index is 1250. The molecular formula is C19H18N8O2. The predicted molar refractivity (Wildman–Crippen MR) is 108 cm³/mol. The summed E-state index contributed by atoms with van der Waals surface area (Å²) in [6, 6.07) is 5.24. The topological polar surface area (TPSA) is 118 Å². The first-order chi connectivity index (χ1) is 14.1. The van der Waals surface area contributed by atoms with Crippen molar-refractivity contribution in [2.24, 2.45) is 0 Å². The van der Waals surface area contributed by atoms with Crippen LogP contribution in [0.2, 0.25) is 0 Å². The summed E-state index contributed by atoms with van der Waals surface area (Å²) in [7, 11) is 1.79. The molecule has 1 atom stereocenters. The number of nitrogens with zero attached hydrogens (tertiary/aromatic N) is 5. The molecule has 146 valence electrons. The van der Waals surface area contributed by atoms with Gasteiger partial charge in [0.1, 0.15) is 18.2 Å². The summed E-state index contributed by atoms with van der Waals surface area (Å²) in [5.74, 6) is 1.48. The molecule has 0 spiro atoms. The molecule has 0 fully saturated rings. The maximum Gasteiger partial charge on any atom is 0.271 e. The molecule has 4 aromatic heterocycles. The van der Waals surface area contributed by atoms with Gasteiger partial charge in [-0.05, 0) is 19.1 Å². The van der Waals surface area contributed by atoms with Gasteiger partial charge in [0, 0.05) is 24.7 Å². The van der Waals surface area contributed by atoms with Gasteiger partial charge in [-0.25, -0.2) is 14.5 Å². The average molecular weight is 390 g/mol. The first-order valence-electron chi connectivity index (χ1n) is 9.14. The van der Waals surface area contributed by atoms with E-state index in [-0.39, 0.29) is 11.9 Å². The molecule has 4 bridgehead atoms. The summed E-state index contributed by atoms with van der Waals surface area (Å²) in [4.78, 5) is 25.9. The van der Waals surface area contributed by atoms with Crippen LogP contribution in [0.1, 0.15) is 17.4 Å². The van der Waals surface area contributed by atoms with Crippen molar-refractivity contribution in [1.82, 2.24) is 29.9 Å². The van der Waals surface area contributed by atoms with Crippen LogP contribution >= 0.6 is 0 Å². The Kier molecular flexibility index (Phi) is 3.90. The van der Waals surface area contributed by atoms with E-state index in [4.69, 9.17) is 4.74 Å². The quantitative estimate of drug-likeness (QED) is 0.451. The third-order valence-electron chi connectivity index (χ3n) is 4.68. The van der Waals surface area contributed by atoms with Crippen LogP contribution in [0, 0.1) is 0 Å². The predicted octanol–water partition coefficient (Wildman–Crippen LogP) is 1.97. The van der Waals surface area contributed by atoms with Crippen molar-refractivity contribution in [2.75, 3.05) is 24.3 Å². The normalized spacial score (nSPS) is 16.3. The van der Waals surface area contributed by atoms with E-state index in [1.807, 2.05) is 19.1 Å². The van der Waals surface area contributed by atoms with Crippen molar-refractivity contribution in [1.29, 1.82) is 0 Å². The molecule has 1 aliphatic heterocycles. The maximum atomic E-state index is 12.8. The number of carbonyl (C=O) groups excluding carboxylic acids is 1. The highest BCUT2D eigenvalue weighted by Crippen LogP contribution is 2.28. The summed E-state index contributed by atoms with van der Waals surface area (Å²) in [6.07, 6.45) is 4.86. The molecule has 0 saturated carbocycles. The monoisotopic (exact) mass is 390 g/mol. The lowest BCUT2D eigenvalue weighted by atomic mass is 10.2. The van der Waals surface area contributed by atoms with Gasteiger partial charge >= 0.3 is 0 Å². The van der Waals surface area contributed by atoms with E-state index in [9.17, 15) is 4.79 Å². The molecule has 0 radical (unpaired) electrons. The van der Waals surface area contributed by atoms with Gasteiger partial charge in [0.15, 0.2) is 17.2 Å². The van der Waals surface area contributed by atoms with Crippen molar-refractivity contribution in [2.45, 2.75) is 13.0 Å². The van der Waals surface area contributed by atoms with Crippen molar-refractivity contribution in [3.05, 3.63) is 42.5 Å². The summed E-state index contributed by atoms with van der Waals surface area (Å²) < 4.78 is 7.47. The molecule has 10 heteroatoms. The van der Waals surface area contributed by atoms with E-state index in [2.05, 4.69) is 36.0 Å². The maximum absolute atomic E-state index is 12.8. The molecular weight excluding hydrogens is 372 g/mol. The number of aromatic nitrogens is 5. The van der Waals surface area contributed by atoms with Crippen LogP contribution in [0.5, 0.6) is 5.75 Å². The Morgan fingerprint density at radius 3 is 2.97 bits per heavy atom. The number of hydrogen-bond acceptors (Lipinski definition) is 8. The third kappa shape index (κ3) is 2.94. The highest BCUT2D eigenvalue weighted by atomic mass is 16.5. The van der Waals surface area contributed by atoms with Crippen LogP contribution in [0.3, 0.4) is 0 Å². The zero-order chi connectivity index (χ0) is 20.0. The summed E-state index contributed by atoms with van der Waals surface area (Å²) in [5, 5.41) is 14.6. The largest absolute Gasteiger partial charge is 0.491 e. The lowest BCUT2D eigenvalue weighted by molar-refractivity contribution is 0.0920. The average Bonchev–Trinajstić information content (AvgIpc) is 3.15. The van der Waals surface area contributed by atoms with Crippen LogP contribution in [-0.2, 0) is 0 Å². The second-order valence-electron chi connectivity index (χ2n) is 6.78. The van der Waals surface area contributed by atoms with Gasteiger partial charge in [0.25, 0.3) is 5.91 Å². The number of anilines is 3. The van der Waals surface area contributed by atoms with Crippen molar-refractivity contribution >= 4 is 39.8 Å². The molecule has 0 saturated heterocycles. The highest BCUT2D eigenvalue weighted by Gasteiger charge is 2.19. The van der Waals surface area contributed by atoms with Gasteiger partial charge in [-0.15, -0.1) is 5.10 Å². The summed E-state index contributed by atoms with van der Waals surface area (Å²) >= 11 is 0. The van der Waals surface area contributed by atoms with Crippen LogP contribution in [-0.4, -0.2) is 50.2 Å². The number of nitrogens with one attached hydrogen (secondary N) is 3. The molecule has 29 heavy (non-hydrogen) atoms. The molecule has 4 aromatic rings. The number of rotatable bonds is 1. The molecule has 0 aromatic carbocycles. The van der Waals surface area contributed by atoms with Crippen molar-refractivity contribution < 1.29 is 9.53 Å². The zero-order valence-corrected chi connectivity index (χ0v) is 15.8. The molecule has 1 aliphatic rings. The number of imidazole rings is 1. The van der Waals surface area contributed by atoms with Gasteiger partial charge < -0.3 is 20.7 Å². The van der Waals surface area contributed by atoms with Gasteiger partial charge in [0.2, 0.25) is 0 Å². The van der Waals surface area contributed by atoms with E-state index in [0.29, 0.717) is 40.8 Å². The second-order valence-corrected chi connectivity index (χ2v) is 6.78. The summed E-state index contributed by atoms with van der Waals surface area (Å²) in [5.41, 5.74) is 2.33. The fraction of sp³-hybridized carbons (Fsp3) is 0.211. The van der Waals surface area contributed by atoms with E-state index in [0.717, 1.165) is 11.1 Å². The Balaban J connectivity index is 1.71. The van der Waals surface area contributed by atoms with Crippen LogP contribution in [0.15, 0.2) is 36.8 Å². The number of carbonyl (C=O) groups is 1. The Morgan fingerprint density at radius 2 is 2.10 bits per heavy atom. The van der Waals surface area contributed by atoms with Gasteiger partial charge in [0.05, 0.1) is 29.6 Å². The Hall–Kier alpha value is -3.95. The standard InChI is InChI=1S/C19H18N8O2/c1-10-9-29-15-3-4-21-13-7-22-16(5-11(13)15)25-17-6-12(20-2)18-23-8-14(19(28)24-10)27(18)26-17/h3-8,10,20H,9H2,1-2H3,(H,24,28)(H,22,25,26). The van der Waals surface area contributed by atoms with Crippen molar-refractivity contribution in [3.8, 4) is 5.75 Å². The highest BCUT2D eigenvalue weighted by molar-refractivity contribution is 5.94.